The van der Waals surface area contributed by atoms with Crippen LogP contribution in [-0.4, -0.2) is 37.0 Å². The Balaban J connectivity index is 1.58. The predicted molar refractivity (Wildman–Crippen MR) is 141 cm³/mol. The molecule has 1 heterocycles. The standard InChI is InChI=1S/C27H25N3O4S/c1-18-6-4-5-7-23(18)28-25(31)17-35-27-29-24(16-19-8-12-21(33-2)13-9-19)26(32)30(27)20-10-14-22(34-3)15-11-20/h4-16H,17H2,1-3H3,(H,28,31)/b24-16-. The Hall–Kier alpha value is -4.04. The highest BCUT2D eigenvalue weighted by Gasteiger charge is 2.32. The molecule has 178 valence electrons. The van der Waals surface area contributed by atoms with Crippen LogP contribution in [0.1, 0.15) is 11.1 Å². The molecule has 2 amide bonds. The Morgan fingerprint density at radius 3 is 2.23 bits per heavy atom. The first kappa shape index (κ1) is 24.1. The Bertz CT molecular complexity index is 1280. The Morgan fingerprint density at radius 1 is 0.971 bits per heavy atom. The van der Waals surface area contributed by atoms with Gasteiger partial charge in [-0.15, -0.1) is 0 Å². The van der Waals surface area contributed by atoms with Gasteiger partial charge < -0.3 is 14.8 Å². The topological polar surface area (TPSA) is 80.2 Å². The number of aliphatic imine (C=N–C) groups is 1. The number of carbonyl (C=O) groups excluding carboxylic acids is 2. The molecule has 0 fully saturated rings. The first-order chi connectivity index (χ1) is 17.0. The average molecular weight is 488 g/mol. The van der Waals surface area contributed by atoms with Gasteiger partial charge in [0, 0.05) is 5.69 Å². The fourth-order valence-electron chi connectivity index (χ4n) is 3.44. The van der Waals surface area contributed by atoms with Gasteiger partial charge in [0.2, 0.25) is 5.91 Å². The van der Waals surface area contributed by atoms with Gasteiger partial charge in [0.1, 0.15) is 17.2 Å². The third-order valence-electron chi connectivity index (χ3n) is 5.33. The van der Waals surface area contributed by atoms with Crippen LogP contribution in [0.2, 0.25) is 0 Å². The van der Waals surface area contributed by atoms with E-state index in [1.807, 2.05) is 55.5 Å². The lowest BCUT2D eigenvalue weighted by Crippen LogP contribution is -2.31. The molecule has 0 bridgehead atoms. The highest BCUT2D eigenvalue weighted by atomic mass is 32.2. The van der Waals surface area contributed by atoms with E-state index >= 15 is 0 Å². The smallest absolute Gasteiger partial charge is 0.283 e. The van der Waals surface area contributed by atoms with E-state index in [-0.39, 0.29) is 23.3 Å². The summed E-state index contributed by atoms with van der Waals surface area (Å²) in [5, 5.41) is 3.35. The Morgan fingerprint density at radius 2 is 1.60 bits per heavy atom. The van der Waals surface area contributed by atoms with Crippen molar-refractivity contribution in [3.63, 3.8) is 0 Å². The van der Waals surface area contributed by atoms with Crippen molar-refractivity contribution in [3.8, 4) is 11.5 Å². The highest BCUT2D eigenvalue weighted by Crippen LogP contribution is 2.31. The molecule has 4 rings (SSSR count). The summed E-state index contributed by atoms with van der Waals surface area (Å²) in [5.41, 5.74) is 3.47. The van der Waals surface area contributed by atoms with Gasteiger partial charge in [-0.1, -0.05) is 42.1 Å². The number of ether oxygens (including phenoxy) is 2. The predicted octanol–water partition coefficient (Wildman–Crippen LogP) is 5.13. The SMILES string of the molecule is COc1ccc(/C=C2\N=C(SCC(=O)Nc3ccccc3C)N(c3ccc(OC)cc3)C2=O)cc1. The minimum Gasteiger partial charge on any atom is -0.497 e. The van der Waals surface area contributed by atoms with Crippen LogP contribution in [0.4, 0.5) is 11.4 Å². The zero-order valence-electron chi connectivity index (χ0n) is 19.6. The maximum atomic E-state index is 13.4. The molecule has 0 saturated carbocycles. The molecule has 0 spiro atoms. The van der Waals surface area contributed by atoms with Gasteiger partial charge >= 0.3 is 0 Å². The molecular weight excluding hydrogens is 462 g/mol. The maximum Gasteiger partial charge on any atom is 0.283 e. The van der Waals surface area contributed by atoms with Gasteiger partial charge in [-0.2, -0.15) is 0 Å². The normalized spacial score (nSPS) is 14.1. The van der Waals surface area contributed by atoms with Gasteiger partial charge in [-0.25, -0.2) is 4.99 Å². The molecule has 1 N–H and O–H groups in total. The highest BCUT2D eigenvalue weighted by molar-refractivity contribution is 8.14. The van der Waals surface area contributed by atoms with Crippen LogP contribution < -0.4 is 19.7 Å². The van der Waals surface area contributed by atoms with Gasteiger partial charge in [0.05, 0.1) is 25.7 Å². The first-order valence-corrected chi connectivity index (χ1v) is 11.9. The molecule has 0 radical (unpaired) electrons. The van der Waals surface area contributed by atoms with E-state index in [4.69, 9.17) is 9.47 Å². The largest absolute Gasteiger partial charge is 0.497 e. The molecule has 0 unspecified atom stereocenters. The molecule has 0 aliphatic carbocycles. The van der Waals surface area contributed by atoms with Crippen LogP contribution in [0.3, 0.4) is 0 Å². The minimum absolute atomic E-state index is 0.100. The molecule has 0 aromatic heterocycles. The number of amidine groups is 1. The number of methoxy groups -OCH3 is 2. The molecule has 8 heteroatoms. The monoisotopic (exact) mass is 487 g/mol. The number of carbonyl (C=O) groups is 2. The summed E-state index contributed by atoms with van der Waals surface area (Å²) in [5.74, 6) is 1.06. The molecule has 3 aromatic carbocycles. The number of para-hydroxylation sites is 1. The lowest BCUT2D eigenvalue weighted by atomic mass is 10.2. The Kier molecular flexibility index (Phi) is 7.52. The van der Waals surface area contributed by atoms with E-state index < -0.39 is 0 Å². The van der Waals surface area contributed by atoms with Gasteiger partial charge in [-0.05, 0) is 66.6 Å². The van der Waals surface area contributed by atoms with Crippen LogP contribution in [0.15, 0.2) is 83.5 Å². The van der Waals surface area contributed by atoms with Crippen molar-refractivity contribution >= 4 is 46.2 Å². The van der Waals surface area contributed by atoms with Crippen LogP contribution in [-0.2, 0) is 9.59 Å². The maximum absolute atomic E-state index is 13.4. The van der Waals surface area contributed by atoms with Gasteiger partial charge in [-0.3, -0.25) is 14.5 Å². The molecule has 0 atom stereocenters. The van der Waals surface area contributed by atoms with Crippen LogP contribution >= 0.6 is 11.8 Å². The fraction of sp³-hybridized carbons (Fsp3) is 0.148. The van der Waals surface area contributed by atoms with E-state index in [0.717, 1.165) is 22.6 Å². The number of amides is 2. The van der Waals surface area contributed by atoms with E-state index in [1.54, 1.807) is 44.6 Å². The quantitative estimate of drug-likeness (QED) is 0.468. The van der Waals surface area contributed by atoms with E-state index in [9.17, 15) is 9.59 Å². The second-order valence-electron chi connectivity index (χ2n) is 7.69. The molecule has 1 aliphatic rings. The molecule has 0 saturated heterocycles. The second kappa shape index (κ2) is 10.9. The summed E-state index contributed by atoms with van der Waals surface area (Å²) in [6.07, 6.45) is 1.72. The zero-order chi connectivity index (χ0) is 24.8. The second-order valence-corrected chi connectivity index (χ2v) is 8.63. The van der Waals surface area contributed by atoms with Crippen LogP contribution in [0.5, 0.6) is 11.5 Å². The van der Waals surface area contributed by atoms with Crippen molar-refractivity contribution in [2.45, 2.75) is 6.92 Å². The number of anilines is 2. The van der Waals surface area contributed by atoms with Crippen molar-refractivity contribution in [1.82, 2.24) is 0 Å². The van der Waals surface area contributed by atoms with Crippen molar-refractivity contribution in [2.24, 2.45) is 4.99 Å². The molecule has 35 heavy (non-hydrogen) atoms. The fourth-order valence-corrected chi connectivity index (χ4v) is 4.25. The van der Waals surface area contributed by atoms with E-state index in [0.29, 0.717) is 16.6 Å². The molecule has 1 aliphatic heterocycles. The van der Waals surface area contributed by atoms with Gasteiger partial charge in [0.25, 0.3) is 5.91 Å². The van der Waals surface area contributed by atoms with Crippen molar-refractivity contribution < 1.29 is 19.1 Å². The van der Waals surface area contributed by atoms with Crippen LogP contribution in [0, 0.1) is 6.92 Å². The molecule has 3 aromatic rings. The number of thioether (sulfide) groups is 1. The number of hydrogen-bond acceptors (Lipinski definition) is 6. The van der Waals surface area contributed by atoms with Crippen LogP contribution in [0.25, 0.3) is 6.08 Å². The lowest BCUT2D eigenvalue weighted by Gasteiger charge is -2.18. The molecule has 7 nitrogen and oxygen atoms in total. The van der Waals surface area contributed by atoms with E-state index in [1.165, 1.54) is 16.7 Å². The summed E-state index contributed by atoms with van der Waals surface area (Å²) in [4.78, 5) is 32.1. The first-order valence-electron chi connectivity index (χ1n) is 10.9. The summed E-state index contributed by atoms with van der Waals surface area (Å²) in [6.45, 7) is 1.93. The van der Waals surface area contributed by atoms with Crippen molar-refractivity contribution in [1.29, 1.82) is 0 Å². The summed E-state index contributed by atoms with van der Waals surface area (Å²) < 4.78 is 10.4. The minimum atomic E-state index is -0.271. The number of rotatable bonds is 7. The third kappa shape index (κ3) is 5.73. The lowest BCUT2D eigenvalue weighted by molar-refractivity contribution is -0.114. The zero-order valence-corrected chi connectivity index (χ0v) is 20.5. The van der Waals surface area contributed by atoms with Gasteiger partial charge in [0.15, 0.2) is 5.17 Å². The average Bonchev–Trinajstić information content (AvgIpc) is 3.19. The van der Waals surface area contributed by atoms with Crippen molar-refractivity contribution in [3.05, 3.63) is 89.6 Å². The van der Waals surface area contributed by atoms with Crippen molar-refractivity contribution in [2.75, 3.05) is 30.2 Å². The summed E-state index contributed by atoms with van der Waals surface area (Å²) in [6, 6.07) is 22.1. The Labute approximate surface area is 208 Å². The molecular formula is C27H25N3O4S. The summed E-state index contributed by atoms with van der Waals surface area (Å²) >= 11 is 1.21. The summed E-state index contributed by atoms with van der Waals surface area (Å²) in [7, 11) is 3.19. The number of aryl methyl sites for hydroxylation is 1. The number of nitrogens with one attached hydrogen (secondary N) is 1. The third-order valence-corrected chi connectivity index (χ3v) is 6.27. The number of benzene rings is 3. The number of nitrogens with zero attached hydrogens (tertiary/aromatic N) is 2. The number of hydrogen-bond donors (Lipinski definition) is 1. The van der Waals surface area contributed by atoms with E-state index in [2.05, 4.69) is 10.3 Å².